The average molecular weight is 246 g/mol. The van der Waals surface area contributed by atoms with E-state index in [1.165, 1.54) is 6.33 Å². The monoisotopic (exact) mass is 245 g/mol. The van der Waals surface area contributed by atoms with Crippen LogP contribution in [0.15, 0.2) is 18.7 Å². The zero-order chi connectivity index (χ0) is 10.7. The Morgan fingerprint density at radius 1 is 1.33 bits per heavy atom. The lowest BCUT2D eigenvalue weighted by Gasteiger charge is -2.34. The second kappa shape index (κ2) is 4.64. The van der Waals surface area contributed by atoms with E-state index in [1.54, 1.807) is 0 Å². The van der Waals surface area contributed by atoms with Gasteiger partial charge in [0.15, 0.2) is 0 Å². The molecule has 1 aliphatic rings. The van der Waals surface area contributed by atoms with Gasteiger partial charge < -0.3 is 0 Å². The number of piperidine rings is 1. The van der Waals surface area contributed by atoms with E-state index in [0.29, 0.717) is 6.54 Å². The molecule has 0 N–H and O–H groups in total. The standard InChI is InChI=1S/C10H13Cl2N3/c11-10(12)2-1-3-15(7-10)6-9-4-13-8-14-5-9/h4-5,8H,1-3,6-7H2. The molecule has 0 amide bonds. The zero-order valence-corrected chi connectivity index (χ0v) is 9.88. The number of likely N-dealkylation sites (tertiary alicyclic amines) is 1. The van der Waals surface area contributed by atoms with Crippen molar-refractivity contribution < 1.29 is 0 Å². The van der Waals surface area contributed by atoms with Crippen LogP contribution in [-0.4, -0.2) is 32.3 Å². The summed E-state index contributed by atoms with van der Waals surface area (Å²) in [6.45, 7) is 2.57. The van der Waals surface area contributed by atoms with Gasteiger partial charge in [-0.2, -0.15) is 0 Å². The molecule has 0 saturated carbocycles. The molecule has 1 aliphatic heterocycles. The molecule has 82 valence electrons. The van der Waals surface area contributed by atoms with Crippen LogP contribution in [0.4, 0.5) is 0 Å². The van der Waals surface area contributed by atoms with E-state index in [1.807, 2.05) is 12.4 Å². The van der Waals surface area contributed by atoms with Crippen LogP contribution in [0.5, 0.6) is 0 Å². The Kier molecular flexibility index (Phi) is 3.44. The third-order valence-corrected chi connectivity index (χ3v) is 3.11. The predicted molar refractivity (Wildman–Crippen MR) is 61.0 cm³/mol. The van der Waals surface area contributed by atoms with E-state index in [9.17, 15) is 0 Å². The van der Waals surface area contributed by atoms with Crippen LogP contribution in [0.3, 0.4) is 0 Å². The molecule has 2 rings (SSSR count). The maximum atomic E-state index is 6.13. The predicted octanol–water partition coefficient (Wildman–Crippen LogP) is 2.25. The summed E-state index contributed by atoms with van der Waals surface area (Å²) in [5.41, 5.74) is 1.10. The molecule has 0 radical (unpaired) electrons. The maximum Gasteiger partial charge on any atom is 0.130 e. The quantitative estimate of drug-likeness (QED) is 0.749. The van der Waals surface area contributed by atoms with Crippen molar-refractivity contribution in [1.82, 2.24) is 14.9 Å². The van der Waals surface area contributed by atoms with Crippen molar-refractivity contribution in [2.75, 3.05) is 13.1 Å². The summed E-state index contributed by atoms with van der Waals surface area (Å²) in [4.78, 5) is 10.2. The molecule has 15 heavy (non-hydrogen) atoms. The van der Waals surface area contributed by atoms with E-state index in [2.05, 4.69) is 14.9 Å². The fourth-order valence-corrected chi connectivity index (χ4v) is 2.46. The molecule has 1 aromatic heterocycles. The first kappa shape index (κ1) is 11.1. The Bertz CT molecular complexity index is 316. The highest BCUT2D eigenvalue weighted by molar-refractivity contribution is 6.48. The molecule has 0 unspecified atom stereocenters. The van der Waals surface area contributed by atoms with Crippen molar-refractivity contribution >= 4 is 23.2 Å². The first-order valence-corrected chi connectivity index (χ1v) is 5.75. The highest BCUT2D eigenvalue weighted by Gasteiger charge is 2.30. The number of halogens is 2. The molecule has 0 aromatic carbocycles. The highest BCUT2D eigenvalue weighted by atomic mass is 35.5. The topological polar surface area (TPSA) is 29.0 Å². The molecular weight excluding hydrogens is 233 g/mol. The van der Waals surface area contributed by atoms with Crippen molar-refractivity contribution in [1.29, 1.82) is 0 Å². The Hall–Kier alpha value is -0.380. The number of rotatable bonds is 2. The Balaban J connectivity index is 1.95. The Morgan fingerprint density at radius 2 is 2.07 bits per heavy atom. The largest absolute Gasteiger partial charge is 0.296 e. The molecule has 0 bridgehead atoms. The second-order valence-electron chi connectivity index (χ2n) is 3.92. The molecule has 1 saturated heterocycles. The first-order valence-electron chi connectivity index (χ1n) is 5.00. The SMILES string of the molecule is ClC1(Cl)CCCN(Cc2cncnc2)C1. The highest BCUT2D eigenvalue weighted by Crippen LogP contribution is 2.32. The molecule has 0 aliphatic carbocycles. The molecular formula is C10H13Cl2N3. The van der Waals surface area contributed by atoms with Gasteiger partial charge in [0, 0.05) is 31.0 Å². The van der Waals surface area contributed by atoms with Crippen molar-refractivity contribution in [2.45, 2.75) is 23.7 Å². The van der Waals surface area contributed by atoms with Crippen molar-refractivity contribution in [3.05, 3.63) is 24.3 Å². The number of aromatic nitrogens is 2. The van der Waals surface area contributed by atoms with Gasteiger partial charge in [-0.15, -0.1) is 23.2 Å². The number of hydrogen-bond acceptors (Lipinski definition) is 3. The van der Waals surface area contributed by atoms with E-state index in [-0.39, 0.29) is 0 Å². The zero-order valence-electron chi connectivity index (χ0n) is 8.37. The third-order valence-electron chi connectivity index (χ3n) is 2.49. The molecule has 0 spiro atoms. The van der Waals surface area contributed by atoms with Gasteiger partial charge >= 0.3 is 0 Å². The van der Waals surface area contributed by atoms with E-state index < -0.39 is 4.33 Å². The number of nitrogens with zero attached hydrogens (tertiary/aromatic N) is 3. The molecule has 1 fully saturated rings. The van der Waals surface area contributed by atoms with Crippen molar-refractivity contribution in [3.63, 3.8) is 0 Å². The summed E-state index contributed by atoms with van der Waals surface area (Å²) < 4.78 is -0.589. The smallest absolute Gasteiger partial charge is 0.130 e. The summed E-state index contributed by atoms with van der Waals surface area (Å²) in [5.74, 6) is 0. The normalized spacial score (nSPS) is 21.5. The second-order valence-corrected chi connectivity index (χ2v) is 5.56. The lowest BCUT2D eigenvalue weighted by molar-refractivity contribution is 0.211. The fraction of sp³-hybridized carbons (Fsp3) is 0.600. The van der Waals surface area contributed by atoms with E-state index in [4.69, 9.17) is 23.2 Å². The van der Waals surface area contributed by atoms with Crippen molar-refractivity contribution in [3.8, 4) is 0 Å². The van der Waals surface area contributed by atoms with Gasteiger partial charge in [0.05, 0.1) is 0 Å². The van der Waals surface area contributed by atoms with Crippen LogP contribution in [0.25, 0.3) is 0 Å². The lowest BCUT2D eigenvalue weighted by Crippen LogP contribution is -2.40. The fourth-order valence-electron chi connectivity index (χ4n) is 1.85. The molecule has 3 nitrogen and oxygen atoms in total. The first-order chi connectivity index (χ1) is 7.16. The number of hydrogen-bond donors (Lipinski definition) is 0. The summed E-state index contributed by atoms with van der Waals surface area (Å²) in [6, 6.07) is 0. The van der Waals surface area contributed by atoms with E-state index >= 15 is 0 Å². The third kappa shape index (κ3) is 3.30. The average Bonchev–Trinajstić information content (AvgIpc) is 2.17. The van der Waals surface area contributed by atoms with Crippen LogP contribution >= 0.6 is 23.2 Å². The van der Waals surface area contributed by atoms with Gasteiger partial charge in [0.1, 0.15) is 10.7 Å². The lowest BCUT2D eigenvalue weighted by atomic mass is 10.1. The summed E-state index contributed by atoms with van der Waals surface area (Å²) in [5, 5.41) is 0. The Morgan fingerprint density at radius 3 is 2.73 bits per heavy atom. The molecule has 1 aromatic rings. The Labute approximate surface area is 99.4 Å². The van der Waals surface area contributed by atoms with Crippen LogP contribution < -0.4 is 0 Å². The van der Waals surface area contributed by atoms with Crippen LogP contribution in [0.2, 0.25) is 0 Å². The number of alkyl halides is 2. The maximum absolute atomic E-state index is 6.13. The van der Waals surface area contributed by atoms with E-state index in [0.717, 1.165) is 31.5 Å². The van der Waals surface area contributed by atoms with Crippen molar-refractivity contribution in [2.24, 2.45) is 0 Å². The minimum absolute atomic E-state index is 0.589. The van der Waals surface area contributed by atoms with Gasteiger partial charge in [-0.25, -0.2) is 9.97 Å². The minimum atomic E-state index is -0.589. The summed E-state index contributed by atoms with van der Waals surface area (Å²) in [6.07, 6.45) is 7.10. The summed E-state index contributed by atoms with van der Waals surface area (Å²) in [7, 11) is 0. The molecule has 0 atom stereocenters. The minimum Gasteiger partial charge on any atom is -0.296 e. The molecule has 2 heterocycles. The van der Waals surface area contributed by atoms with Crippen LogP contribution in [0, 0.1) is 0 Å². The van der Waals surface area contributed by atoms with Gasteiger partial charge in [-0.1, -0.05) is 0 Å². The van der Waals surface area contributed by atoms with Gasteiger partial charge in [0.2, 0.25) is 0 Å². The van der Waals surface area contributed by atoms with Gasteiger partial charge in [-0.3, -0.25) is 4.90 Å². The summed E-state index contributed by atoms with van der Waals surface area (Å²) >= 11 is 12.3. The van der Waals surface area contributed by atoms with Crippen LogP contribution in [-0.2, 0) is 6.54 Å². The van der Waals surface area contributed by atoms with Gasteiger partial charge in [-0.05, 0) is 19.4 Å². The van der Waals surface area contributed by atoms with Gasteiger partial charge in [0.25, 0.3) is 0 Å². The van der Waals surface area contributed by atoms with Crippen LogP contribution in [0.1, 0.15) is 18.4 Å². The molecule has 5 heteroatoms.